The van der Waals surface area contributed by atoms with Gasteiger partial charge in [0.05, 0.1) is 18.1 Å². The van der Waals surface area contributed by atoms with Crippen molar-refractivity contribution >= 4 is 10.0 Å². The van der Waals surface area contributed by atoms with E-state index in [0.29, 0.717) is 31.5 Å². The molecule has 1 aromatic rings. The van der Waals surface area contributed by atoms with Crippen LogP contribution in [0.1, 0.15) is 25.3 Å². The first-order valence-electron chi connectivity index (χ1n) is 8.01. The van der Waals surface area contributed by atoms with Crippen molar-refractivity contribution in [3.63, 3.8) is 0 Å². The summed E-state index contributed by atoms with van der Waals surface area (Å²) in [5, 5.41) is 4.17. The number of sulfonamides is 1. The van der Waals surface area contributed by atoms with E-state index in [4.69, 9.17) is 4.74 Å². The molecule has 0 bridgehead atoms. The van der Waals surface area contributed by atoms with E-state index >= 15 is 0 Å². The normalized spacial score (nSPS) is 30.2. The van der Waals surface area contributed by atoms with Crippen LogP contribution in [0.25, 0.3) is 0 Å². The van der Waals surface area contributed by atoms with E-state index in [1.165, 1.54) is 5.56 Å². The van der Waals surface area contributed by atoms with Crippen LogP contribution in [-0.2, 0) is 28.2 Å². The Morgan fingerprint density at radius 3 is 2.86 bits per heavy atom. The van der Waals surface area contributed by atoms with Crippen molar-refractivity contribution in [1.29, 1.82) is 0 Å². The molecule has 3 heterocycles. The molecule has 1 unspecified atom stereocenters. The van der Waals surface area contributed by atoms with Crippen LogP contribution in [0.15, 0.2) is 12.4 Å². The van der Waals surface area contributed by atoms with Crippen LogP contribution in [0.5, 0.6) is 0 Å². The standard InChI is InChI=1S/C15H25N3O3S/c1-12-4-6-21-15(12)11-22(19,20)18-5-3-13(10-18)7-14-8-16-17(2)9-14/h8-9,12-13,15H,3-7,10-11H2,1-2H3/t12-,13?,15-/m1/s1. The molecular weight excluding hydrogens is 302 g/mol. The van der Waals surface area contributed by atoms with Crippen molar-refractivity contribution in [1.82, 2.24) is 14.1 Å². The summed E-state index contributed by atoms with van der Waals surface area (Å²) in [5.74, 6) is 0.859. The Balaban J connectivity index is 1.56. The molecule has 22 heavy (non-hydrogen) atoms. The molecule has 0 amide bonds. The largest absolute Gasteiger partial charge is 0.377 e. The predicted octanol–water partition coefficient (Wildman–Crippen LogP) is 1.04. The van der Waals surface area contributed by atoms with Crippen LogP contribution in [0, 0.1) is 11.8 Å². The van der Waals surface area contributed by atoms with Gasteiger partial charge in [-0.15, -0.1) is 0 Å². The van der Waals surface area contributed by atoms with Gasteiger partial charge in [0, 0.05) is 32.9 Å². The molecular formula is C15H25N3O3S. The summed E-state index contributed by atoms with van der Waals surface area (Å²) < 4.78 is 34.1. The highest BCUT2D eigenvalue weighted by atomic mass is 32.2. The second-order valence-electron chi connectivity index (χ2n) is 6.69. The summed E-state index contributed by atoms with van der Waals surface area (Å²) in [7, 11) is -1.31. The minimum atomic E-state index is -3.21. The van der Waals surface area contributed by atoms with Crippen molar-refractivity contribution in [2.45, 2.75) is 32.3 Å². The minimum absolute atomic E-state index is 0.133. The van der Waals surface area contributed by atoms with Crippen molar-refractivity contribution in [3.8, 4) is 0 Å². The van der Waals surface area contributed by atoms with Gasteiger partial charge in [-0.2, -0.15) is 5.10 Å². The maximum atomic E-state index is 12.6. The van der Waals surface area contributed by atoms with Crippen molar-refractivity contribution in [2.24, 2.45) is 18.9 Å². The molecule has 124 valence electrons. The monoisotopic (exact) mass is 327 g/mol. The molecule has 3 atom stereocenters. The summed E-state index contributed by atoms with van der Waals surface area (Å²) in [6.45, 7) is 4.01. The van der Waals surface area contributed by atoms with Gasteiger partial charge in [-0.25, -0.2) is 12.7 Å². The van der Waals surface area contributed by atoms with Crippen molar-refractivity contribution in [2.75, 3.05) is 25.4 Å². The topological polar surface area (TPSA) is 64.4 Å². The summed E-state index contributed by atoms with van der Waals surface area (Å²) in [6.07, 6.45) is 6.52. The van der Waals surface area contributed by atoms with E-state index in [-0.39, 0.29) is 11.9 Å². The lowest BCUT2D eigenvalue weighted by Crippen LogP contribution is -2.36. The van der Waals surface area contributed by atoms with Crippen molar-refractivity contribution < 1.29 is 13.2 Å². The second kappa shape index (κ2) is 6.29. The Labute approximate surface area is 132 Å². The molecule has 0 saturated carbocycles. The van der Waals surface area contributed by atoms with Gasteiger partial charge in [0.2, 0.25) is 10.0 Å². The number of aromatic nitrogens is 2. The van der Waals surface area contributed by atoms with E-state index < -0.39 is 10.0 Å². The van der Waals surface area contributed by atoms with Crippen LogP contribution in [-0.4, -0.2) is 54.1 Å². The molecule has 7 heteroatoms. The Bertz CT molecular complexity index is 613. The zero-order chi connectivity index (χ0) is 15.7. The fraction of sp³-hybridized carbons (Fsp3) is 0.800. The summed E-state index contributed by atoms with van der Waals surface area (Å²) in [4.78, 5) is 0. The van der Waals surface area contributed by atoms with Crippen LogP contribution in [0.2, 0.25) is 0 Å². The van der Waals surface area contributed by atoms with E-state index in [1.54, 1.807) is 8.99 Å². The summed E-state index contributed by atoms with van der Waals surface area (Å²) in [6, 6.07) is 0. The van der Waals surface area contributed by atoms with Crippen LogP contribution < -0.4 is 0 Å². The summed E-state index contributed by atoms with van der Waals surface area (Å²) >= 11 is 0. The lowest BCUT2D eigenvalue weighted by atomic mass is 10.0. The number of hydrogen-bond donors (Lipinski definition) is 0. The molecule has 2 saturated heterocycles. The van der Waals surface area contributed by atoms with Crippen LogP contribution in [0.3, 0.4) is 0 Å². The lowest BCUT2D eigenvalue weighted by Gasteiger charge is -2.21. The Hall–Kier alpha value is -0.920. The zero-order valence-electron chi connectivity index (χ0n) is 13.3. The minimum Gasteiger partial charge on any atom is -0.377 e. The Morgan fingerprint density at radius 1 is 1.41 bits per heavy atom. The van der Waals surface area contributed by atoms with Gasteiger partial charge in [0.25, 0.3) is 0 Å². The average molecular weight is 327 g/mol. The second-order valence-corrected chi connectivity index (χ2v) is 8.71. The number of nitrogens with zero attached hydrogens (tertiary/aromatic N) is 3. The maximum Gasteiger partial charge on any atom is 0.216 e. The first kappa shape index (κ1) is 16.0. The van der Waals surface area contributed by atoms with E-state index in [0.717, 1.165) is 19.3 Å². The molecule has 0 aliphatic carbocycles. The highest BCUT2D eigenvalue weighted by Crippen LogP contribution is 2.27. The van der Waals surface area contributed by atoms with Gasteiger partial charge < -0.3 is 4.74 Å². The number of aryl methyl sites for hydroxylation is 1. The van der Waals surface area contributed by atoms with E-state index in [2.05, 4.69) is 12.0 Å². The first-order valence-corrected chi connectivity index (χ1v) is 9.62. The molecule has 0 N–H and O–H groups in total. The van der Waals surface area contributed by atoms with Crippen LogP contribution in [0.4, 0.5) is 0 Å². The lowest BCUT2D eigenvalue weighted by molar-refractivity contribution is 0.110. The SMILES string of the molecule is C[C@@H]1CCO[C@@H]1CS(=O)(=O)N1CCC(Cc2cnn(C)c2)C1. The van der Waals surface area contributed by atoms with E-state index in [9.17, 15) is 8.42 Å². The highest BCUT2D eigenvalue weighted by molar-refractivity contribution is 7.89. The summed E-state index contributed by atoms with van der Waals surface area (Å²) in [5.41, 5.74) is 1.18. The fourth-order valence-corrected chi connectivity index (χ4v) is 5.28. The van der Waals surface area contributed by atoms with Gasteiger partial charge in [0.1, 0.15) is 0 Å². The smallest absolute Gasteiger partial charge is 0.216 e. The van der Waals surface area contributed by atoms with Gasteiger partial charge in [0.15, 0.2) is 0 Å². The van der Waals surface area contributed by atoms with Gasteiger partial charge in [-0.05, 0) is 36.7 Å². The number of rotatable bonds is 5. The Kier molecular flexibility index (Phi) is 4.56. The average Bonchev–Trinajstić information content (AvgIpc) is 3.15. The molecule has 0 aromatic carbocycles. The third-order valence-electron chi connectivity index (χ3n) is 4.84. The zero-order valence-corrected chi connectivity index (χ0v) is 14.1. The van der Waals surface area contributed by atoms with Gasteiger partial charge in [-0.3, -0.25) is 4.68 Å². The molecule has 0 spiro atoms. The quantitative estimate of drug-likeness (QED) is 0.810. The first-order chi connectivity index (χ1) is 10.4. The predicted molar refractivity (Wildman–Crippen MR) is 83.9 cm³/mol. The molecule has 3 rings (SSSR count). The van der Waals surface area contributed by atoms with Gasteiger partial charge in [-0.1, -0.05) is 6.92 Å². The van der Waals surface area contributed by atoms with Crippen LogP contribution >= 0.6 is 0 Å². The Morgan fingerprint density at radius 2 is 2.23 bits per heavy atom. The molecule has 2 aliphatic heterocycles. The third kappa shape index (κ3) is 3.52. The number of ether oxygens (including phenoxy) is 1. The highest BCUT2D eigenvalue weighted by Gasteiger charge is 2.36. The molecule has 6 nitrogen and oxygen atoms in total. The van der Waals surface area contributed by atoms with E-state index in [1.807, 2.05) is 19.4 Å². The van der Waals surface area contributed by atoms with Gasteiger partial charge >= 0.3 is 0 Å². The number of hydrogen-bond acceptors (Lipinski definition) is 4. The third-order valence-corrected chi connectivity index (χ3v) is 6.71. The molecule has 2 fully saturated rings. The molecule has 2 aliphatic rings. The maximum absolute atomic E-state index is 12.6. The fourth-order valence-electron chi connectivity index (χ4n) is 3.41. The molecule has 0 radical (unpaired) electrons. The molecule has 1 aromatic heterocycles. The van der Waals surface area contributed by atoms with Crippen molar-refractivity contribution in [3.05, 3.63) is 18.0 Å².